The summed E-state index contributed by atoms with van der Waals surface area (Å²) in [6.45, 7) is 3.06. The fraction of sp³-hybridized carbons (Fsp3) is 0.421. The molecule has 1 N–H and O–H groups in total. The first-order valence-corrected chi connectivity index (χ1v) is 8.44. The van der Waals surface area contributed by atoms with Gasteiger partial charge in [-0.2, -0.15) is 0 Å². The van der Waals surface area contributed by atoms with Gasteiger partial charge in [-0.3, -0.25) is 9.89 Å². The molecule has 0 saturated carbocycles. The quantitative estimate of drug-likeness (QED) is 0.630. The van der Waals surface area contributed by atoms with Gasteiger partial charge in [0.2, 0.25) is 0 Å². The van der Waals surface area contributed by atoms with Crippen molar-refractivity contribution in [3.8, 4) is 5.75 Å². The third kappa shape index (κ3) is 4.77. The van der Waals surface area contributed by atoms with Crippen molar-refractivity contribution < 1.29 is 9.15 Å². The molecule has 2 heterocycles. The number of likely N-dealkylation sites (tertiary alicyclic amines) is 1. The number of nitrogens with one attached hydrogen (secondary N) is 1. The highest BCUT2D eigenvalue weighted by Gasteiger charge is 2.24. The Hall–Kier alpha value is -1.98. The number of ether oxygens (including phenoxy) is 1. The van der Waals surface area contributed by atoms with Crippen molar-refractivity contribution in [2.75, 3.05) is 33.8 Å². The second kappa shape index (κ2) is 9.49. The molecule has 0 bridgehead atoms. The van der Waals surface area contributed by atoms with E-state index < -0.39 is 0 Å². The fourth-order valence-electron chi connectivity index (χ4n) is 3.22. The van der Waals surface area contributed by atoms with E-state index in [2.05, 4.69) is 27.3 Å². The number of halogens is 1. The van der Waals surface area contributed by atoms with Gasteiger partial charge < -0.3 is 14.5 Å². The Morgan fingerprint density at radius 3 is 2.52 bits per heavy atom. The van der Waals surface area contributed by atoms with E-state index in [0.29, 0.717) is 6.04 Å². The summed E-state index contributed by atoms with van der Waals surface area (Å²) in [5.74, 6) is 2.45. The molecule has 6 heteroatoms. The number of methoxy groups -OCH3 is 1. The summed E-state index contributed by atoms with van der Waals surface area (Å²) in [4.78, 5) is 6.86. The lowest BCUT2D eigenvalue weighted by molar-refractivity contribution is 0.245. The molecular weight excluding hydrogens is 338 g/mol. The van der Waals surface area contributed by atoms with Crippen LogP contribution in [-0.4, -0.2) is 44.5 Å². The Balaban J connectivity index is 0.00000225. The van der Waals surface area contributed by atoms with Gasteiger partial charge in [-0.15, -0.1) is 12.4 Å². The van der Waals surface area contributed by atoms with Crippen molar-refractivity contribution >= 4 is 18.2 Å². The van der Waals surface area contributed by atoms with Crippen LogP contribution in [-0.2, 0) is 0 Å². The first-order chi connectivity index (χ1) is 11.8. The maximum atomic E-state index is 5.46. The lowest BCUT2D eigenvalue weighted by atomic mass is 10.1. The zero-order chi connectivity index (χ0) is 16.8. The summed E-state index contributed by atoms with van der Waals surface area (Å²) < 4.78 is 10.7. The molecule has 1 aromatic carbocycles. The lowest BCUT2D eigenvalue weighted by Crippen LogP contribution is -2.37. The molecule has 1 saturated heterocycles. The maximum Gasteiger partial charge on any atom is 0.168 e. The van der Waals surface area contributed by atoms with Crippen LogP contribution >= 0.6 is 12.4 Å². The number of nitrogens with zero attached hydrogens (tertiary/aromatic N) is 2. The topological polar surface area (TPSA) is 50.0 Å². The summed E-state index contributed by atoms with van der Waals surface area (Å²) in [6.07, 6.45) is 4.20. The van der Waals surface area contributed by atoms with Gasteiger partial charge in [-0.1, -0.05) is 12.1 Å². The van der Waals surface area contributed by atoms with Crippen LogP contribution in [0.2, 0.25) is 0 Å². The number of hydrogen-bond donors (Lipinski definition) is 1. The normalized spacial score (nSPS) is 16.3. The summed E-state index contributed by atoms with van der Waals surface area (Å²) in [5, 5.41) is 3.46. The Bertz CT molecular complexity index is 650. The molecule has 0 aliphatic carbocycles. The number of furan rings is 1. The second-order valence-electron chi connectivity index (χ2n) is 5.96. The standard InChI is InChI=1S/C19H25N3O2.ClH/c1-20-19(18-6-5-13-24-18)21-14-17(22-11-3-4-12-22)15-7-9-16(23-2)10-8-15;/h5-10,13,17H,3-4,11-12,14H2,1-2H3,(H,20,21);1H. The molecule has 136 valence electrons. The van der Waals surface area contributed by atoms with E-state index in [4.69, 9.17) is 9.15 Å². The van der Waals surface area contributed by atoms with Gasteiger partial charge in [-0.05, 0) is 55.8 Å². The van der Waals surface area contributed by atoms with E-state index in [1.165, 1.54) is 18.4 Å². The number of amidine groups is 1. The van der Waals surface area contributed by atoms with E-state index in [0.717, 1.165) is 37.0 Å². The predicted molar refractivity (Wildman–Crippen MR) is 103 cm³/mol. The third-order valence-corrected chi connectivity index (χ3v) is 4.52. The van der Waals surface area contributed by atoms with Crippen molar-refractivity contribution in [2.45, 2.75) is 18.9 Å². The van der Waals surface area contributed by atoms with Crippen LogP contribution in [0.4, 0.5) is 0 Å². The molecule has 1 aromatic heterocycles. The summed E-state index contributed by atoms with van der Waals surface area (Å²) >= 11 is 0. The first-order valence-electron chi connectivity index (χ1n) is 8.44. The predicted octanol–water partition coefficient (Wildman–Crippen LogP) is 3.51. The van der Waals surface area contributed by atoms with Gasteiger partial charge in [0.1, 0.15) is 5.75 Å². The van der Waals surface area contributed by atoms with E-state index in [-0.39, 0.29) is 12.4 Å². The van der Waals surface area contributed by atoms with E-state index in [1.807, 2.05) is 24.3 Å². The second-order valence-corrected chi connectivity index (χ2v) is 5.96. The molecule has 3 rings (SSSR count). The highest BCUT2D eigenvalue weighted by molar-refractivity contribution is 5.96. The average molecular weight is 364 g/mol. The van der Waals surface area contributed by atoms with Crippen LogP contribution < -0.4 is 10.1 Å². The van der Waals surface area contributed by atoms with Crippen molar-refractivity contribution in [2.24, 2.45) is 4.99 Å². The number of benzene rings is 1. The minimum absolute atomic E-state index is 0. The van der Waals surface area contributed by atoms with Gasteiger partial charge in [0.15, 0.2) is 11.6 Å². The van der Waals surface area contributed by atoms with Crippen molar-refractivity contribution in [3.63, 3.8) is 0 Å². The third-order valence-electron chi connectivity index (χ3n) is 4.52. The number of rotatable bonds is 6. The fourth-order valence-corrected chi connectivity index (χ4v) is 3.22. The van der Waals surface area contributed by atoms with Crippen LogP contribution in [0.25, 0.3) is 0 Å². The van der Waals surface area contributed by atoms with Gasteiger partial charge in [-0.25, -0.2) is 0 Å². The number of aliphatic imine (C=N–C) groups is 1. The van der Waals surface area contributed by atoms with Crippen LogP contribution in [0, 0.1) is 0 Å². The average Bonchev–Trinajstić information content (AvgIpc) is 3.33. The van der Waals surface area contributed by atoms with E-state index in [9.17, 15) is 0 Å². The molecule has 1 aliphatic rings. The minimum Gasteiger partial charge on any atom is -0.497 e. The molecule has 2 aromatic rings. The first kappa shape index (κ1) is 19.3. The minimum atomic E-state index is 0. The van der Waals surface area contributed by atoms with Gasteiger partial charge in [0.05, 0.1) is 19.4 Å². The molecule has 1 aliphatic heterocycles. The van der Waals surface area contributed by atoms with Crippen LogP contribution in [0.15, 0.2) is 52.1 Å². The van der Waals surface area contributed by atoms with Crippen molar-refractivity contribution in [1.82, 2.24) is 10.2 Å². The van der Waals surface area contributed by atoms with Gasteiger partial charge in [0, 0.05) is 13.6 Å². The molecule has 1 fully saturated rings. The largest absolute Gasteiger partial charge is 0.497 e. The van der Waals surface area contributed by atoms with E-state index in [1.54, 1.807) is 20.4 Å². The summed E-state index contributed by atoms with van der Waals surface area (Å²) in [7, 11) is 3.48. The summed E-state index contributed by atoms with van der Waals surface area (Å²) in [5.41, 5.74) is 1.29. The molecule has 5 nitrogen and oxygen atoms in total. The Morgan fingerprint density at radius 2 is 1.96 bits per heavy atom. The smallest absolute Gasteiger partial charge is 0.168 e. The zero-order valence-corrected chi connectivity index (χ0v) is 15.6. The van der Waals surface area contributed by atoms with Gasteiger partial charge in [0.25, 0.3) is 0 Å². The van der Waals surface area contributed by atoms with E-state index >= 15 is 0 Å². The molecule has 25 heavy (non-hydrogen) atoms. The van der Waals surface area contributed by atoms with Crippen LogP contribution in [0.5, 0.6) is 5.75 Å². The van der Waals surface area contributed by atoms with Crippen molar-refractivity contribution in [1.29, 1.82) is 0 Å². The SMILES string of the molecule is CN=C(NCC(c1ccc(OC)cc1)N1CCCC1)c1ccco1.Cl. The van der Waals surface area contributed by atoms with Crippen molar-refractivity contribution in [3.05, 3.63) is 54.0 Å². The highest BCUT2D eigenvalue weighted by Crippen LogP contribution is 2.26. The molecule has 0 spiro atoms. The zero-order valence-electron chi connectivity index (χ0n) is 14.8. The number of hydrogen-bond acceptors (Lipinski definition) is 4. The molecule has 0 radical (unpaired) electrons. The maximum absolute atomic E-state index is 5.46. The summed E-state index contributed by atoms with van der Waals surface area (Å²) in [6, 6.07) is 12.5. The van der Waals surface area contributed by atoms with Gasteiger partial charge >= 0.3 is 0 Å². The van der Waals surface area contributed by atoms with Crippen LogP contribution in [0.1, 0.15) is 30.2 Å². The molecular formula is C19H26ClN3O2. The Kier molecular flexibility index (Phi) is 7.34. The molecule has 0 amide bonds. The molecule has 1 unspecified atom stereocenters. The Morgan fingerprint density at radius 1 is 1.24 bits per heavy atom. The molecule has 1 atom stereocenters. The monoisotopic (exact) mass is 363 g/mol. The van der Waals surface area contributed by atoms with Crippen LogP contribution in [0.3, 0.4) is 0 Å². The lowest BCUT2D eigenvalue weighted by Gasteiger charge is -2.28. The highest BCUT2D eigenvalue weighted by atomic mass is 35.5. The Labute approximate surface area is 155 Å².